The molecule has 2 aromatic carbocycles. The zero-order valence-corrected chi connectivity index (χ0v) is 17.5. The van der Waals surface area contributed by atoms with E-state index in [9.17, 15) is 14.9 Å². The van der Waals surface area contributed by atoms with Crippen molar-refractivity contribution in [3.8, 4) is 5.75 Å². The predicted molar refractivity (Wildman–Crippen MR) is 115 cm³/mol. The minimum atomic E-state index is -0.424. The third-order valence-corrected chi connectivity index (χ3v) is 4.96. The fraction of sp³-hybridized carbons (Fsp3) is 0.182. The molecule has 0 aliphatic rings. The van der Waals surface area contributed by atoms with E-state index in [0.29, 0.717) is 34.3 Å². The lowest BCUT2D eigenvalue weighted by Gasteiger charge is -2.10. The number of nitro groups is 1. The molecule has 8 heteroatoms. The molecule has 0 aliphatic heterocycles. The smallest absolute Gasteiger partial charge is 0.312 e. The van der Waals surface area contributed by atoms with Gasteiger partial charge in [0.1, 0.15) is 17.1 Å². The fourth-order valence-corrected chi connectivity index (χ4v) is 3.30. The molecule has 0 radical (unpaired) electrons. The number of carbonyl (C=O) groups excluding carboxylic acids is 1. The first-order valence-electron chi connectivity index (χ1n) is 9.13. The Bertz CT molecular complexity index is 1130. The number of halogens is 1. The van der Waals surface area contributed by atoms with Crippen LogP contribution in [0.25, 0.3) is 6.08 Å². The zero-order valence-electron chi connectivity index (χ0n) is 16.8. The van der Waals surface area contributed by atoms with Crippen LogP contribution in [0.4, 0.5) is 5.69 Å². The molecule has 0 spiro atoms. The average molecular weight is 426 g/mol. The number of aromatic nitrogens is 2. The van der Waals surface area contributed by atoms with E-state index in [2.05, 4.69) is 5.10 Å². The standard InChI is InChI=1S/C22H20ClN3O4/c1-14-22(26(28)29)15(2)25(24-14)13-18-12-16(5-11-21(18)30-3)4-10-20(27)17-6-8-19(23)9-7-17/h4-12H,13H2,1-3H3/b10-4+. The molecule has 30 heavy (non-hydrogen) atoms. The van der Waals surface area contributed by atoms with E-state index in [1.165, 1.54) is 6.08 Å². The lowest BCUT2D eigenvalue weighted by atomic mass is 10.1. The van der Waals surface area contributed by atoms with Crippen LogP contribution in [0.1, 0.15) is 32.9 Å². The number of hydrogen-bond donors (Lipinski definition) is 0. The summed E-state index contributed by atoms with van der Waals surface area (Å²) >= 11 is 5.86. The van der Waals surface area contributed by atoms with Crippen molar-refractivity contribution in [2.45, 2.75) is 20.4 Å². The van der Waals surface area contributed by atoms with Crippen molar-refractivity contribution in [1.29, 1.82) is 0 Å². The van der Waals surface area contributed by atoms with Gasteiger partial charge in [0.05, 0.1) is 18.6 Å². The minimum absolute atomic E-state index is 0.0126. The maximum absolute atomic E-state index is 12.3. The monoisotopic (exact) mass is 425 g/mol. The summed E-state index contributed by atoms with van der Waals surface area (Å²) in [7, 11) is 1.56. The van der Waals surface area contributed by atoms with Crippen LogP contribution in [0.15, 0.2) is 48.5 Å². The summed E-state index contributed by atoms with van der Waals surface area (Å²) in [5.74, 6) is 0.490. The molecule has 3 rings (SSSR count). The van der Waals surface area contributed by atoms with Crippen LogP contribution in [0.5, 0.6) is 5.75 Å². The summed E-state index contributed by atoms with van der Waals surface area (Å²) in [5.41, 5.74) is 2.97. The molecule has 0 unspecified atom stereocenters. The summed E-state index contributed by atoms with van der Waals surface area (Å²) in [6, 6.07) is 12.2. The van der Waals surface area contributed by atoms with Gasteiger partial charge in [0.2, 0.25) is 0 Å². The molecule has 0 saturated carbocycles. The van der Waals surface area contributed by atoms with Gasteiger partial charge in [-0.1, -0.05) is 23.7 Å². The Morgan fingerprint density at radius 2 is 1.93 bits per heavy atom. The van der Waals surface area contributed by atoms with E-state index >= 15 is 0 Å². The zero-order chi connectivity index (χ0) is 21.8. The van der Waals surface area contributed by atoms with Gasteiger partial charge in [-0.3, -0.25) is 19.6 Å². The molecule has 0 amide bonds. The number of allylic oxidation sites excluding steroid dienone is 1. The molecule has 0 aliphatic carbocycles. The summed E-state index contributed by atoms with van der Waals surface area (Å²) in [5, 5.41) is 16.1. The van der Waals surface area contributed by atoms with Crippen LogP contribution in [-0.2, 0) is 6.54 Å². The summed E-state index contributed by atoms with van der Waals surface area (Å²) in [6.45, 7) is 3.58. The predicted octanol–water partition coefficient (Wildman–Crippen LogP) is 5.01. The van der Waals surface area contributed by atoms with E-state index in [1.807, 2.05) is 12.1 Å². The first-order valence-corrected chi connectivity index (χ1v) is 9.51. The van der Waals surface area contributed by atoms with Crippen molar-refractivity contribution >= 4 is 29.1 Å². The van der Waals surface area contributed by atoms with Crippen molar-refractivity contribution in [2.75, 3.05) is 7.11 Å². The highest BCUT2D eigenvalue weighted by Gasteiger charge is 2.22. The topological polar surface area (TPSA) is 87.3 Å². The van der Waals surface area contributed by atoms with Gasteiger partial charge in [-0.15, -0.1) is 0 Å². The first kappa shape index (κ1) is 21.3. The van der Waals surface area contributed by atoms with Crippen LogP contribution < -0.4 is 4.74 Å². The van der Waals surface area contributed by atoms with Crippen LogP contribution in [-0.4, -0.2) is 27.6 Å². The van der Waals surface area contributed by atoms with Crippen LogP contribution in [0.2, 0.25) is 5.02 Å². The molecule has 0 atom stereocenters. The van der Waals surface area contributed by atoms with Crippen LogP contribution >= 0.6 is 11.6 Å². The lowest BCUT2D eigenvalue weighted by molar-refractivity contribution is -0.386. The third kappa shape index (κ3) is 4.58. The van der Waals surface area contributed by atoms with Gasteiger partial charge in [0.25, 0.3) is 0 Å². The van der Waals surface area contributed by atoms with E-state index in [0.717, 1.165) is 11.1 Å². The highest BCUT2D eigenvalue weighted by molar-refractivity contribution is 6.30. The van der Waals surface area contributed by atoms with Gasteiger partial charge in [0.15, 0.2) is 5.78 Å². The number of carbonyl (C=O) groups is 1. The van der Waals surface area contributed by atoms with Crippen molar-refractivity contribution in [3.63, 3.8) is 0 Å². The molecule has 0 N–H and O–H groups in total. The molecule has 0 fully saturated rings. The number of rotatable bonds is 7. The number of nitrogens with zero attached hydrogens (tertiary/aromatic N) is 3. The van der Waals surface area contributed by atoms with E-state index in [1.54, 1.807) is 62.0 Å². The van der Waals surface area contributed by atoms with E-state index in [4.69, 9.17) is 16.3 Å². The maximum Gasteiger partial charge on any atom is 0.312 e. The first-order chi connectivity index (χ1) is 14.3. The highest BCUT2D eigenvalue weighted by atomic mass is 35.5. The van der Waals surface area contributed by atoms with Crippen molar-refractivity contribution in [3.05, 3.63) is 91.8 Å². The number of ether oxygens (including phenoxy) is 1. The largest absolute Gasteiger partial charge is 0.496 e. The van der Waals surface area contributed by atoms with E-state index < -0.39 is 4.92 Å². The quantitative estimate of drug-likeness (QED) is 0.230. The van der Waals surface area contributed by atoms with Crippen molar-refractivity contribution in [1.82, 2.24) is 9.78 Å². The summed E-state index contributed by atoms with van der Waals surface area (Å²) < 4.78 is 7.01. The third-order valence-electron chi connectivity index (χ3n) is 4.71. The Morgan fingerprint density at radius 1 is 1.23 bits per heavy atom. The highest BCUT2D eigenvalue weighted by Crippen LogP contribution is 2.26. The Morgan fingerprint density at radius 3 is 2.53 bits per heavy atom. The number of ketones is 1. The molecule has 3 aromatic rings. The van der Waals surface area contributed by atoms with Gasteiger partial charge in [-0.2, -0.15) is 5.10 Å². The average Bonchev–Trinajstić information content (AvgIpc) is 3.00. The normalized spacial score (nSPS) is 11.1. The fourth-order valence-electron chi connectivity index (χ4n) is 3.18. The van der Waals surface area contributed by atoms with Crippen molar-refractivity contribution < 1.29 is 14.5 Å². The Hall–Kier alpha value is -3.45. The van der Waals surface area contributed by atoms with Gasteiger partial charge in [-0.05, 0) is 61.9 Å². The number of aryl methyl sites for hydroxylation is 1. The van der Waals surface area contributed by atoms with Crippen LogP contribution in [0, 0.1) is 24.0 Å². The van der Waals surface area contributed by atoms with Crippen molar-refractivity contribution in [2.24, 2.45) is 0 Å². The Kier molecular flexibility index (Phi) is 6.32. The summed E-state index contributed by atoms with van der Waals surface area (Å²) in [6.07, 6.45) is 3.20. The number of hydrogen-bond acceptors (Lipinski definition) is 5. The molecule has 1 aromatic heterocycles. The number of benzene rings is 2. The SMILES string of the molecule is COc1ccc(/C=C/C(=O)c2ccc(Cl)cc2)cc1Cn1nc(C)c([N+](=O)[O-])c1C. The second-order valence-electron chi connectivity index (χ2n) is 6.71. The summed E-state index contributed by atoms with van der Waals surface area (Å²) in [4.78, 5) is 23.2. The second kappa shape index (κ2) is 8.92. The van der Waals surface area contributed by atoms with Crippen LogP contribution in [0.3, 0.4) is 0 Å². The molecule has 7 nitrogen and oxygen atoms in total. The molecule has 1 heterocycles. The van der Waals surface area contributed by atoms with Gasteiger partial charge in [0, 0.05) is 16.1 Å². The molecule has 0 saturated heterocycles. The minimum Gasteiger partial charge on any atom is -0.496 e. The van der Waals surface area contributed by atoms with E-state index in [-0.39, 0.29) is 11.5 Å². The van der Waals surface area contributed by atoms with Gasteiger partial charge >= 0.3 is 5.69 Å². The molecular weight excluding hydrogens is 406 g/mol. The lowest BCUT2D eigenvalue weighted by Crippen LogP contribution is -2.06. The van der Waals surface area contributed by atoms with Gasteiger partial charge < -0.3 is 4.74 Å². The molecule has 0 bridgehead atoms. The second-order valence-corrected chi connectivity index (χ2v) is 7.15. The van der Waals surface area contributed by atoms with Gasteiger partial charge in [-0.25, -0.2) is 0 Å². The number of methoxy groups -OCH3 is 1. The Labute approximate surface area is 178 Å². The maximum atomic E-state index is 12.3. The Balaban J connectivity index is 1.87. The molecule has 154 valence electrons. The molecular formula is C22H20ClN3O4.